The maximum Gasteiger partial charge on any atom is 0.200 e. The number of rotatable bonds is 9. The zero-order valence-electron chi connectivity index (χ0n) is 17.1. The van der Waals surface area contributed by atoms with E-state index in [2.05, 4.69) is 30.8 Å². The van der Waals surface area contributed by atoms with Crippen LogP contribution in [0.1, 0.15) is 67.7 Å². The number of ether oxygens (including phenoxy) is 2. The van der Waals surface area contributed by atoms with Gasteiger partial charge in [-0.25, -0.2) is 4.39 Å². The third-order valence-electron chi connectivity index (χ3n) is 5.54. The highest BCUT2D eigenvalue weighted by Gasteiger charge is 2.28. The number of hydrogen-bond acceptors (Lipinski definition) is 2. The molecule has 1 heterocycles. The number of halogens is 2. The number of allylic oxidation sites excluding steroid dienone is 1. The van der Waals surface area contributed by atoms with Crippen LogP contribution >= 0.6 is 0 Å². The predicted molar refractivity (Wildman–Crippen MR) is 112 cm³/mol. The van der Waals surface area contributed by atoms with Gasteiger partial charge in [-0.1, -0.05) is 49.8 Å². The summed E-state index contributed by atoms with van der Waals surface area (Å²) < 4.78 is 40.3. The second-order valence-corrected chi connectivity index (χ2v) is 7.65. The Kier molecular flexibility index (Phi) is 7.82. The lowest BCUT2D eigenvalue weighted by molar-refractivity contribution is 0.00160. The molecule has 0 aromatic heterocycles. The first-order valence-corrected chi connectivity index (χ1v) is 10.6. The van der Waals surface area contributed by atoms with E-state index in [1.54, 1.807) is 6.07 Å². The number of aryl methyl sites for hydroxylation is 1. The first-order valence-electron chi connectivity index (χ1n) is 10.6. The van der Waals surface area contributed by atoms with Crippen molar-refractivity contribution in [1.29, 1.82) is 0 Å². The van der Waals surface area contributed by atoms with Gasteiger partial charge >= 0.3 is 0 Å². The van der Waals surface area contributed by atoms with Gasteiger partial charge in [0.1, 0.15) is 0 Å². The summed E-state index contributed by atoms with van der Waals surface area (Å²) in [7, 11) is 0. The Labute approximate surface area is 172 Å². The van der Waals surface area contributed by atoms with E-state index >= 15 is 0 Å². The molecule has 2 nitrogen and oxygen atoms in total. The minimum Gasteiger partial charge on any atom is -0.490 e. The van der Waals surface area contributed by atoms with Crippen LogP contribution in [0.4, 0.5) is 8.78 Å². The van der Waals surface area contributed by atoms with Crippen LogP contribution in [0.15, 0.2) is 49.1 Å². The summed E-state index contributed by atoms with van der Waals surface area (Å²) in [5, 5.41) is 0. The van der Waals surface area contributed by atoms with Crippen LogP contribution in [0, 0.1) is 11.6 Å². The summed E-state index contributed by atoms with van der Waals surface area (Å²) >= 11 is 0. The summed E-state index contributed by atoms with van der Waals surface area (Å²) in [6.45, 7) is 6.56. The molecule has 0 aliphatic carbocycles. The second kappa shape index (κ2) is 10.5. The fourth-order valence-corrected chi connectivity index (χ4v) is 3.73. The molecule has 2 aromatic carbocycles. The van der Waals surface area contributed by atoms with Crippen molar-refractivity contribution in [2.45, 2.75) is 57.5 Å². The Morgan fingerprint density at radius 2 is 1.90 bits per heavy atom. The van der Waals surface area contributed by atoms with Crippen molar-refractivity contribution in [3.8, 4) is 5.75 Å². The molecule has 1 saturated heterocycles. The van der Waals surface area contributed by atoms with Gasteiger partial charge in [0, 0.05) is 5.92 Å². The minimum absolute atomic E-state index is 0.00395. The van der Waals surface area contributed by atoms with Crippen molar-refractivity contribution in [2.75, 3.05) is 13.2 Å². The predicted octanol–water partition coefficient (Wildman–Crippen LogP) is 6.90. The molecule has 0 amide bonds. The minimum atomic E-state index is -0.893. The maximum atomic E-state index is 14.6. The molecule has 2 unspecified atom stereocenters. The lowest BCUT2D eigenvalue weighted by atomic mass is 9.89. The largest absolute Gasteiger partial charge is 0.490 e. The molecule has 0 N–H and O–H groups in total. The highest BCUT2D eigenvalue weighted by molar-refractivity contribution is 5.34. The van der Waals surface area contributed by atoms with E-state index in [9.17, 15) is 8.78 Å². The van der Waals surface area contributed by atoms with Crippen LogP contribution in [0.5, 0.6) is 5.75 Å². The Bertz CT molecular complexity index is 793. The third kappa shape index (κ3) is 5.45. The Morgan fingerprint density at radius 3 is 2.55 bits per heavy atom. The third-order valence-corrected chi connectivity index (χ3v) is 5.54. The SMILES string of the molecule is C=CCCc1ccc(C2CCC(c3ccc(OCCCC)c(F)c3F)CO2)cc1. The zero-order valence-corrected chi connectivity index (χ0v) is 17.1. The van der Waals surface area contributed by atoms with Crippen molar-refractivity contribution in [3.05, 3.63) is 77.4 Å². The van der Waals surface area contributed by atoms with E-state index in [4.69, 9.17) is 9.47 Å². The molecule has 1 fully saturated rings. The summed E-state index contributed by atoms with van der Waals surface area (Å²) in [4.78, 5) is 0. The van der Waals surface area contributed by atoms with Crippen LogP contribution in [0.3, 0.4) is 0 Å². The topological polar surface area (TPSA) is 18.5 Å². The molecule has 0 spiro atoms. The lowest BCUT2D eigenvalue weighted by Gasteiger charge is -2.30. The first kappa shape index (κ1) is 21.5. The van der Waals surface area contributed by atoms with Gasteiger partial charge in [-0.05, 0) is 54.9 Å². The highest BCUT2D eigenvalue weighted by Crippen LogP contribution is 2.38. The van der Waals surface area contributed by atoms with Crippen molar-refractivity contribution in [3.63, 3.8) is 0 Å². The molecule has 156 valence electrons. The molecule has 4 heteroatoms. The van der Waals surface area contributed by atoms with E-state index in [1.165, 1.54) is 11.6 Å². The number of unbranched alkanes of at least 4 members (excludes halogenated alkanes) is 1. The molecule has 1 aliphatic heterocycles. The molecular formula is C25H30F2O2. The Morgan fingerprint density at radius 1 is 1.10 bits per heavy atom. The standard InChI is InChI=1S/C25H30F2O2/c1-3-5-7-18-8-10-19(11-9-18)22-14-12-20(17-29-22)21-13-15-23(25(27)24(21)26)28-16-6-4-2/h3,8-11,13,15,20,22H,1,4-7,12,14,16-17H2,2H3. The van der Waals surface area contributed by atoms with Crippen LogP contribution in [-0.2, 0) is 11.2 Å². The van der Waals surface area contributed by atoms with Crippen LogP contribution in [0.25, 0.3) is 0 Å². The van der Waals surface area contributed by atoms with Gasteiger partial charge in [0.2, 0.25) is 5.82 Å². The molecule has 0 saturated carbocycles. The van der Waals surface area contributed by atoms with Gasteiger partial charge in [0.15, 0.2) is 11.6 Å². The summed E-state index contributed by atoms with van der Waals surface area (Å²) in [6, 6.07) is 11.6. The molecule has 2 atom stereocenters. The molecule has 2 aromatic rings. The molecule has 29 heavy (non-hydrogen) atoms. The highest BCUT2D eigenvalue weighted by atomic mass is 19.2. The van der Waals surface area contributed by atoms with Gasteiger partial charge in [-0.15, -0.1) is 6.58 Å². The second-order valence-electron chi connectivity index (χ2n) is 7.65. The molecule has 1 aliphatic rings. The van der Waals surface area contributed by atoms with Gasteiger partial charge in [0.25, 0.3) is 0 Å². The van der Waals surface area contributed by atoms with Crippen LogP contribution in [-0.4, -0.2) is 13.2 Å². The van der Waals surface area contributed by atoms with Crippen molar-refractivity contribution >= 4 is 0 Å². The van der Waals surface area contributed by atoms with E-state index in [1.807, 2.05) is 13.0 Å². The molecule has 3 rings (SSSR count). The van der Waals surface area contributed by atoms with Gasteiger partial charge in [-0.2, -0.15) is 4.39 Å². The first-order chi connectivity index (χ1) is 14.1. The fraction of sp³-hybridized carbons (Fsp3) is 0.440. The summed E-state index contributed by atoms with van der Waals surface area (Å²) in [6.07, 6.45) is 7.18. The van der Waals surface area contributed by atoms with Crippen molar-refractivity contribution in [2.24, 2.45) is 0 Å². The quantitative estimate of drug-likeness (QED) is 0.337. The zero-order chi connectivity index (χ0) is 20.6. The molecular weight excluding hydrogens is 370 g/mol. The molecule has 0 radical (unpaired) electrons. The van der Waals surface area contributed by atoms with E-state index in [-0.39, 0.29) is 17.8 Å². The average molecular weight is 401 g/mol. The maximum absolute atomic E-state index is 14.6. The summed E-state index contributed by atoms with van der Waals surface area (Å²) in [5.74, 6) is -1.85. The van der Waals surface area contributed by atoms with E-state index in [0.29, 0.717) is 18.8 Å². The fourth-order valence-electron chi connectivity index (χ4n) is 3.73. The lowest BCUT2D eigenvalue weighted by Crippen LogP contribution is -2.20. The normalized spacial score (nSPS) is 19.1. The van der Waals surface area contributed by atoms with Crippen molar-refractivity contribution in [1.82, 2.24) is 0 Å². The average Bonchev–Trinajstić information content (AvgIpc) is 2.76. The number of benzene rings is 2. The molecule has 0 bridgehead atoms. The van der Waals surface area contributed by atoms with Gasteiger partial charge < -0.3 is 9.47 Å². The Hall–Kier alpha value is -2.20. The summed E-state index contributed by atoms with van der Waals surface area (Å²) in [5.41, 5.74) is 2.79. The monoisotopic (exact) mass is 400 g/mol. The smallest absolute Gasteiger partial charge is 0.200 e. The van der Waals surface area contributed by atoms with E-state index in [0.717, 1.165) is 44.1 Å². The van der Waals surface area contributed by atoms with E-state index < -0.39 is 11.6 Å². The Balaban J connectivity index is 1.60. The van der Waals surface area contributed by atoms with Crippen LogP contribution < -0.4 is 4.74 Å². The van der Waals surface area contributed by atoms with Crippen molar-refractivity contribution < 1.29 is 18.3 Å². The van der Waals surface area contributed by atoms with Gasteiger partial charge in [0.05, 0.1) is 19.3 Å². The van der Waals surface area contributed by atoms with Crippen LogP contribution in [0.2, 0.25) is 0 Å². The number of hydrogen-bond donors (Lipinski definition) is 0. The van der Waals surface area contributed by atoms with Gasteiger partial charge in [-0.3, -0.25) is 0 Å².